The minimum absolute atomic E-state index is 0.0331. The fraction of sp³-hybridized carbons (Fsp3) is 0.560. The number of benzene rings is 1. The summed E-state index contributed by atoms with van der Waals surface area (Å²) < 4.78 is 40.0. The maximum atomic E-state index is 13.9. The smallest absolute Gasteiger partial charge is 0.429 e. The number of halogens is 2. The number of nitrogens with one attached hydrogen (secondary N) is 3. The Labute approximate surface area is 244 Å². The first-order valence-electron chi connectivity index (χ1n) is 12.9. The summed E-state index contributed by atoms with van der Waals surface area (Å²) in [7, 11) is -4.25. The Morgan fingerprint density at radius 3 is 2.55 bits per heavy atom. The lowest BCUT2D eigenvalue weighted by Crippen LogP contribution is -2.55. The topological polar surface area (TPSA) is 169 Å². The molecular formula is C25H36Cl2N6O6S. The van der Waals surface area contributed by atoms with Crippen molar-refractivity contribution in [2.45, 2.75) is 76.1 Å². The Kier molecular flexibility index (Phi) is 10.6. The van der Waals surface area contributed by atoms with E-state index in [1.165, 1.54) is 17.0 Å². The number of aromatic nitrogens is 2. The van der Waals surface area contributed by atoms with Crippen LogP contribution in [0.3, 0.4) is 0 Å². The van der Waals surface area contributed by atoms with Crippen molar-refractivity contribution in [3.05, 3.63) is 34.6 Å². The standard InChI is InChI=1S/C25H36Cl2N6O6S/c1-15-7-11-33(20(12-15)38-24(35)39-25(2,3)4)22(34)19(6-5-8-29-23-30-9-10-31-23)32-40(36,37)16-13-17(26)21(28)18(27)14-16/h9-10,13-15,19-20,32H,5-8,11-12,28H2,1-4H3,(H2,29,30,31)/t15-,19+,20-/m1/s1. The summed E-state index contributed by atoms with van der Waals surface area (Å²) in [6.07, 6.45) is 3.01. The number of nitrogen functional groups attached to an aromatic ring is 1. The third kappa shape index (κ3) is 8.88. The molecule has 1 fully saturated rings. The Bertz CT molecular complexity index is 1260. The van der Waals surface area contributed by atoms with Gasteiger partial charge in [-0.25, -0.2) is 18.2 Å². The zero-order chi connectivity index (χ0) is 29.7. The second-order valence-corrected chi connectivity index (χ2v) is 13.2. The van der Waals surface area contributed by atoms with E-state index in [0.29, 0.717) is 31.8 Å². The SMILES string of the molecule is C[C@@H]1CCN(C(=O)[C@H](CCCNc2ncc[nH]2)NS(=O)(=O)c2cc(Cl)c(N)c(Cl)c2)[C@H](OC(=O)OC(C)(C)C)C1. The third-order valence-electron chi connectivity index (χ3n) is 6.14. The van der Waals surface area contributed by atoms with E-state index in [-0.39, 0.29) is 39.5 Å². The van der Waals surface area contributed by atoms with Crippen LogP contribution in [0.25, 0.3) is 0 Å². The Morgan fingerprint density at radius 1 is 1.27 bits per heavy atom. The highest BCUT2D eigenvalue weighted by Gasteiger charge is 2.38. The second kappa shape index (κ2) is 13.3. The molecule has 1 aromatic heterocycles. The number of hydrogen-bond donors (Lipinski definition) is 4. The van der Waals surface area contributed by atoms with E-state index in [0.717, 1.165) is 0 Å². The molecule has 1 amide bonds. The summed E-state index contributed by atoms with van der Waals surface area (Å²) in [5.74, 6) is 0.184. The summed E-state index contributed by atoms with van der Waals surface area (Å²) >= 11 is 12.1. The molecule has 1 aliphatic rings. The van der Waals surface area contributed by atoms with E-state index in [9.17, 15) is 18.0 Å². The van der Waals surface area contributed by atoms with Crippen LogP contribution in [0.15, 0.2) is 29.4 Å². The molecule has 3 atom stereocenters. The van der Waals surface area contributed by atoms with Gasteiger partial charge in [0.1, 0.15) is 11.6 Å². The van der Waals surface area contributed by atoms with Crippen LogP contribution < -0.4 is 15.8 Å². The van der Waals surface area contributed by atoms with Crippen LogP contribution >= 0.6 is 23.2 Å². The van der Waals surface area contributed by atoms with Crippen molar-refractivity contribution < 1.29 is 27.5 Å². The molecule has 1 aromatic carbocycles. The largest absolute Gasteiger partial charge is 0.510 e. The fourth-order valence-corrected chi connectivity index (χ4v) is 6.01. The Balaban J connectivity index is 1.83. The summed E-state index contributed by atoms with van der Waals surface area (Å²) in [5.41, 5.74) is 5.02. The number of carbonyl (C=O) groups is 2. The number of sulfonamides is 1. The van der Waals surface area contributed by atoms with Crippen molar-refractivity contribution >= 4 is 56.9 Å². The molecule has 5 N–H and O–H groups in total. The molecule has 0 spiro atoms. The maximum Gasteiger partial charge on any atom is 0.510 e. The molecule has 12 nitrogen and oxygen atoms in total. The molecule has 0 radical (unpaired) electrons. The third-order valence-corrected chi connectivity index (χ3v) is 8.21. The van der Waals surface area contributed by atoms with Crippen LogP contribution in [0, 0.1) is 5.92 Å². The number of piperidine rings is 1. The van der Waals surface area contributed by atoms with Crippen LogP contribution in [0.1, 0.15) is 53.4 Å². The molecule has 40 heavy (non-hydrogen) atoms. The summed E-state index contributed by atoms with van der Waals surface area (Å²) in [6, 6.07) is 1.15. The van der Waals surface area contributed by atoms with Gasteiger partial charge in [-0.3, -0.25) is 4.79 Å². The summed E-state index contributed by atoms with van der Waals surface area (Å²) in [6.45, 7) is 7.79. The first-order chi connectivity index (χ1) is 18.7. The molecular weight excluding hydrogens is 583 g/mol. The number of nitrogens with zero attached hydrogens (tertiary/aromatic N) is 2. The van der Waals surface area contributed by atoms with Crippen LogP contribution in [0.4, 0.5) is 16.4 Å². The number of imidazole rings is 1. The maximum absolute atomic E-state index is 13.9. The predicted molar refractivity (Wildman–Crippen MR) is 153 cm³/mol. The van der Waals surface area contributed by atoms with Gasteiger partial charge >= 0.3 is 6.16 Å². The number of amides is 1. The van der Waals surface area contributed by atoms with Gasteiger partial charge in [0, 0.05) is 31.9 Å². The average Bonchev–Trinajstić information content (AvgIpc) is 3.36. The van der Waals surface area contributed by atoms with Crippen LogP contribution in [0.2, 0.25) is 10.0 Å². The predicted octanol–water partition coefficient (Wildman–Crippen LogP) is 4.37. The summed E-state index contributed by atoms with van der Waals surface area (Å²) in [5, 5.41) is 3.01. The molecule has 1 aliphatic heterocycles. The van der Waals surface area contributed by atoms with Crippen LogP contribution in [-0.2, 0) is 24.3 Å². The van der Waals surface area contributed by atoms with E-state index < -0.39 is 40.0 Å². The van der Waals surface area contributed by atoms with Gasteiger partial charge in [0.05, 0.1) is 20.6 Å². The lowest BCUT2D eigenvalue weighted by atomic mass is 9.96. The van der Waals surface area contributed by atoms with E-state index in [1.54, 1.807) is 33.2 Å². The number of aromatic amines is 1. The van der Waals surface area contributed by atoms with Gasteiger partial charge in [0.2, 0.25) is 15.9 Å². The molecule has 0 aliphatic carbocycles. The van der Waals surface area contributed by atoms with Crippen molar-refractivity contribution in [1.82, 2.24) is 19.6 Å². The lowest BCUT2D eigenvalue weighted by Gasteiger charge is -2.39. The van der Waals surface area contributed by atoms with Crippen molar-refractivity contribution in [1.29, 1.82) is 0 Å². The zero-order valence-corrected chi connectivity index (χ0v) is 25.2. The highest BCUT2D eigenvalue weighted by molar-refractivity contribution is 7.89. The van der Waals surface area contributed by atoms with Crippen molar-refractivity contribution in [3.63, 3.8) is 0 Å². The van der Waals surface area contributed by atoms with E-state index in [1.807, 2.05) is 6.92 Å². The van der Waals surface area contributed by atoms with Crippen LogP contribution in [0.5, 0.6) is 0 Å². The minimum atomic E-state index is -4.25. The van der Waals surface area contributed by atoms with Crippen LogP contribution in [-0.4, -0.2) is 66.3 Å². The quantitative estimate of drug-likeness (QED) is 0.171. The Hall–Kier alpha value is -2.74. The normalized spacial score (nSPS) is 18.7. The minimum Gasteiger partial charge on any atom is -0.429 e. The van der Waals surface area contributed by atoms with Crippen molar-refractivity contribution in [3.8, 4) is 0 Å². The molecule has 0 saturated carbocycles. The van der Waals surface area contributed by atoms with Gasteiger partial charge in [-0.1, -0.05) is 30.1 Å². The number of carbonyl (C=O) groups excluding carboxylic acids is 2. The zero-order valence-electron chi connectivity index (χ0n) is 22.9. The van der Waals surface area contributed by atoms with Gasteiger partial charge in [-0.15, -0.1) is 0 Å². The number of nitrogens with two attached hydrogens (primary N) is 1. The highest BCUT2D eigenvalue weighted by atomic mass is 35.5. The van der Waals surface area contributed by atoms with Gasteiger partial charge in [0.25, 0.3) is 0 Å². The van der Waals surface area contributed by atoms with Gasteiger partial charge in [0.15, 0.2) is 12.2 Å². The molecule has 0 bridgehead atoms. The molecule has 222 valence electrons. The number of anilines is 2. The molecule has 15 heteroatoms. The monoisotopic (exact) mass is 618 g/mol. The number of likely N-dealkylation sites (tertiary alicyclic amines) is 1. The molecule has 0 unspecified atom stereocenters. The highest BCUT2D eigenvalue weighted by Crippen LogP contribution is 2.31. The Morgan fingerprint density at radius 2 is 1.95 bits per heavy atom. The molecule has 2 aromatic rings. The number of ether oxygens (including phenoxy) is 2. The van der Waals surface area contributed by atoms with Gasteiger partial charge < -0.3 is 30.4 Å². The van der Waals surface area contributed by atoms with E-state index in [4.69, 9.17) is 38.4 Å². The first kappa shape index (κ1) is 31.8. The van der Waals surface area contributed by atoms with Gasteiger partial charge in [-0.05, 0) is 58.1 Å². The lowest BCUT2D eigenvalue weighted by molar-refractivity contribution is -0.152. The van der Waals surface area contributed by atoms with Crippen molar-refractivity contribution in [2.75, 3.05) is 24.1 Å². The first-order valence-corrected chi connectivity index (χ1v) is 15.1. The number of H-pyrrole nitrogens is 1. The molecule has 3 rings (SSSR count). The second-order valence-electron chi connectivity index (χ2n) is 10.7. The molecule has 2 heterocycles. The van der Waals surface area contributed by atoms with Crippen molar-refractivity contribution in [2.24, 2.45) is 5.92 Å². The number of hydrogen-bond acceptors (Lipinski definition) is 9. The molecule has 1 saturated heterocycles. The van der Waals surface area contributed by atoms with Gasteiger partial charge in [-0.2, -0.15) is 4.72 Å². The number of rotatable bonds is 10. The fourth-order valence-electron chi connectivity index (χ4n) is 4.12. The summed E-state index contributed by atoms with van der Waals surface area (Å²) in [4.78, 5) is 34.5. The average molecular weight is 620 g/mol. The van der Waals surface area contributed by atoms with E-state index in [2.05, 4.69) is 20.0 Å². The van der Waals surface area contributed by atoms with E-state index >= 15 is 0 Å².